The van der Waals surface area contributed by atoms with E-state index in [1.165, 1.54) is 13.2 Å². The molecule has 0 fully saturated rings. The van der Waals surface area contributed by atoms with Gasteiger partial charge in [-0.05, 0) is 18.2 Å². The second kappa shape index (κ2) is 5.80. The van der Waals surface area contributed by atoms with Gasteiger partial charge in [0, 0.05) is 18.2 Å². The molecule has 0 radical (unpaired) electrons. The number of halogens is 2. The lowest BCUT2D eigenvalue weighted by atomic mass is 10.1. The zero-order valence-corrected chi connectivity index (χ0v) is 8.68. The summed E-state index contributed by atoms with van der Waals surface area (Å²) in [5.74, 6) is 0.235. The first-order chi connectivity index (χ1) is 6.19. The fourth-order valence-electron chi connectivity index (χ4n) is 1.06. The number of methoxy groups -OCH3 is 1. The summed E-state index contributed by atoms with van der Waals surface area (Å²) in [4.78, 5) is 0. The second-order valence-corrected chi connectivity index (χ2v) is 2.73. The largest absolute Gasteiger partial charge is 0.497 e. The fraction of sp³-hybridized carbons (Fsp3) is 0.333. The standard InChI is InChI=1S/C9H13FN2O.ClH/c1-13-6-2-3-8(10)7(4-6)9(12)5-11;/h2-4,9H,5,11-12H2,1H3;1H/t9-;/m1./s1. The first kappa shape index (κ1) is 13.2. The molecule has 1 rings (SSSR count). The van der Waals surface area contributed by atoms with Crippen LogP contribution in [-0.2, 0) is 0 Å². The second-order valence-electron chi connectivity index (χ2n) is 2.73. The van der Waals surface area contributed by atoms with Crippen molar-refractivity contribution in [2.24, 2.45) is 11.5 Å². The van der Waals surface area contributed by atoms with E-state index in [9.17, 15) is 4.39 Å². The van der Waals surface area contributed by atoms with E-state index in [4.69, 9.17) is 16.2 Å². The molecule has 0 unspecified atom stereocenters. The zero-order chi connectivity index (χ0) is 9.84. The molecule has 0 amide bonds. The Labute approximate surface area is 88.6 Å². The van der Waals surface area contributed by atoms with Gasteiger partial charge in [0.15, 0.2) is 0 Å². The summed E-state index contributed by atoms with van der Waals surface area (Å²) in [6, 6.07) is 3.95. The quantitative estimate of drug-likeness (QED) is 0.805. The minimum absolute atomic E-state index is 0. The van der Waals surface area contributed by atoms with E-state index >= 15 is 0 Å². The Hall–Kier alpha value is -0.840. The fourth-order valence-corrected chi connectivity index (χ4v) is 1.06. The highest BCUT2D eigenvalue weighted by Crippen LogP contribution is 2.20. The smallest absolute Gasteiger partial charge is 0.128 e. The predicted octanol–water partition coefficient (Wildman–Crippen LogP) is 1.21. The van der Waals surface area contributed by atoms with Crippen LogP contribution in [0.4, 0.5) is 4.39 Å². The molecule has 0 spiro atoms. The topological polar surface area (TPSA) is 61.3 Å². The van der Waals surface area contributed by atoms with Gasteiger partial charge in [0.05, 0.1) is 7.11 Å². The lowest BCUT2D eigenvalue weighted by Gasteiger charge is -2.11. The molecule has 1 atom stereocenters. The van der Waals surface area contributed by atoms with Gasteiger partial charge < -0.3 is 16.2 Å². The monoisotopic (exact) mass is 220 g/mol. The molecule has 0 bridgehead atoms. The number of nitrogens with two attached hydrogens (primary N) is 2. The summed E-state index contributed by atoms with van der Waals surface area (Å²) < 4.78 is 18.1. The minimum atomic E-state index is -0.477. The molecule has 0 saturated carbocycles. The first-order valence-electron chi connectivity index (χ1n) is 3.98. The first-order valence-corrected chi connectivity index (χ1v) is 3.98. The Bertz CT molecular complexity index is 296. The summed E-state index contributed by atoms with van der Waals surface area (Å²) in [5.41, 5.74) is 11.3. The van der Waals surface area contributed by atoms with Crippen molar-refractivity contribution in [3.63, 3.8) is 0 Å². The van der Waals surface area contributed by atoms with Gasteiger partial charge in [-0.2, -0.15) is 0 Å². The number of rotatable bonds is 3. The molecule has 80 valence electrons. The third-order valence-corrected chi connectivity index (χ3v) is 1.86. The van der Waals surface area contributed by atoms with Crippen LogP contribution in [0.1, 0.15) is 11.6 Å². The van der Waals surface area contributed by atoms with Gasteiger partial charge in [0.1, 0.15) is 11.6 Å². The van der Waals surface area contributed by atoms with Crippen LogP contribution in [0.2, 0.25) is 0 Å². The highest BCUT2D eigenvalue weighted by molar-refractivity contribution is 5.85. The molecule has 0 aromatic heterocycles. The van der Waals surface area contributed by atoms with Crippen molar-refractivity contribution >= 4 is 12.4 Å². The van der Waals surface area contributed by atoms with Gasteiger partial charge in [-0.1, -0.05) is 0 Å². The molecule has 3 nitrogen and oxygen atoms in total. The van der Waals surface area contributed by atoms with E-state index in [-0.39, 0.29) is 24.8 Å². The molecule has 1 aromatic carbocycles. The molecule has 0 saturated heterocycles. The molecule has 0 aliphatic heterocycles. The number of hydrogen-bond acceptors (Lipinski definition) is 3. The van der Waals surface area contributed by atoms with Gasteiger partial charge in [0.25, 0.3) is 0 Å². The Morgan fingerprint density at radius 2 is 2.14 bits per heavy atom. The van der Waals surface area contributed by atoms with E-state index in [2.05, 4.69) is 0 Å². The van der Waals surface area contributed by atoms with Gasteiger partial charge >= 0.3 is 0 Å². The molecule has 0 aliphatic carbocycles. The number of hydrogen-bond donors (Lipinski definition) is 2. The highest BCUT2D eigenvalue weighted by Gasteiger charge is 2.10. The van der Waals surface area contributed by atoms with Crippen molar-refractivity contribution in [3.05, 3.63) is 29.6 Å². The van der Waals surface area contributed by atoms with Gasteiger partial charge in [-0.15, -0.1) is 12.4 Å². The molecular formula is C9H14ClFN2O. The Kier molecular flexibility index (Phi) is 5.45. The van der Waals surface area contributed by atoms with Crippen LogP contribution in [0.5, 0.6) is 5.75 Å². The lowest BCUT2D eigenvalue weighted by molar-refractivity contribution is 0.412. The summed E-state index contributed by atoms with van der Waals surface area (Å²) in [5, 5.41) is 0. The minimum Gasteiger partial charge on any atom is -0.497 e. The SMILES string of the molecule is COc1ccc(F)c([C@H](N)CN)c1.Cl. The number of ether oxygens (including phenoxy) is 1. The number of benzene rings is 1. The van der Waals surface area contributed by atoms with E-state index in [1.54, 1.807) is 12.1 Å². The predicted molar refractivity (Wildman–Crippen MR) is 56.2 cm³/mol. The third kappa shape index (κ3) is 2.83. The van der Waals surface area contributed by atoms with Crippen LogP contribution in [-0.4, -0.2) is 13.7 Å². The van der Waals surface area contributed by atoms with E-state index in [0.29, 0.717) is 11.3 Å². The normalized spacial score (nSPS) is 11.7. The highest BCUT2D eigenvalue weighted by atomic mass is 35.5. The lowest BCUT2D eigenvalue weighted by Crippen LogP contribution is -2.21. The average Bonchev–Trinajstić information content (AvgIpc) is 2.17. The molecule has 0 heterocycles. The van der Waals surface area contributed by atoms with Crippen LogP contribution in [0.25, 0.3) is 0 Å². The van der Waals surface area contributed by atoms with E-state index in [0.717, 1.165) is 0 Å². The van der Waals surface area contributed by atoms with Crippen molar-refractivity contribution in [3.8, 4) is 5.75 Å². The summed E-state index contributed by atoms with van der Waals surface area (Å²) in [6.45, 7) is 0.212. The summed E-state index contributed by atoms with van der Waals surface area (Å²) in [6.07, 6.45) is 0. The maximum Gasteiger partial charge on any atom is 0.128 e. The summed E-state index contributed by atoms with van der Waals surface area (Å²) >= 11 is 0. The van der Waals surface area contributed by atoms with Crippen molar-refractivity contribution in [2.45, 2.75) is 6.04 Å². The van der Waals surface area contributed by atoms with Crippen LogP contribution in [0.3, 0.4) is 0 Å². The molecule has 1 aromatic rings. The van der Waals surface area contributed by atoms with Crippen molar-refractivity contribution in [1.29, 1.82) is 0 Å². The van der Waals surface area contributed by atoms with Gasteiger partial charge in [-0.3, -0.25) is 0 Å². The maximum atomic E-state index is 13.2. The van der Waals surface area contributed by atoms with Crippen LogP contribution in [0, 0.1) is 5.82 Å². The van der Waals surface area contributed by atoms with Crippen LogP contribution < -0.4 is 16.2 Å². The zero-order valence-electron chi connectivity index (χ0n) is 7.87. The van der Waals surface area contributed by atoms with Gasteiger partial charge in [0.2, 0.25) is 0 Å². The van der Waals surface area contributed by atoms with E-state index < -0.39 is 6.04 Å². The molecule has 14 heavy (non-hydrogen) atoms. The van der Waals surface area contributed by atoms with Crippen LogP contribution in [0.15, 0.2) is 18.2 Å². The molecule has 0 aliphatic rings. The Morgan fingerprint density at radius 1 is 1.50 bits per heavy atom. The Balaban J connectivity index is 0.00000169. The van der Waals surface area contributed by atoms with Crippen molar-refractivity contribution < 1.29 is 9.13 Å². The molecule has 5 heteroatoms. The Morgan fingerprint density at radius 3 is 2.64 bits per heavy atom. The molecule has 4 N–H and O–H groups in total. The van der Waals surface area contributed by atoms with Gasteiger partial charge in [-0.25, -0.2) is 4.39 Å². The maximum absolute atomic E-state index is 13.2. The molecular weight excluding hydrogens is 207 g/mol. The summed E-state index contributed by atoms with van der Waals surface area (Å²) in [7, 11) is 1.52. The van der Waals surface area contributed by atoms with E-state index in [1.807, 2.05) is 0 Å². The van der Waals surface area contributed by atoms with Crippen LogP contribution >= 0.6 is 12.4 Å². The third-order valence-electron chi connectivity index (χ3n) is 1.86. The van der Waals surface area contributed by atoms with Crippen molar-refractivity contribution in [2.75, 3.05) is 13.7 Å². The average molecular weight is 221 g/mol. The van der Waals surface area contributed by atoms with Crippen molar-refractivity contribution in [1.82, 2.24) is 0 Å².